The van der Waals surface area contributed by atoms with Crippen molar-refractivity contribution in [1.29, 1.82) is 0 Å². The molecule has 1 heterocycles. The molecule has 1 aliphatic carbocycles. The third-order valence-corrected chi connectivity index (χ3v) is 4.65. The van der Waals surface area contributed by atoms with Gasteiger partial charge in [0, 0.05) is 24.2 Å². The van der Waals surface area contributed by atoms with E-state index in [1.807, 2.05) is 6.07 Å². The molecule has 1 aromatic carbocycles. The first kappa shape index (κ1) is 13.4. The summed E-state index contributed by atoms with van der Waals surface area (Å²) in [5.74, 6) is 0. The van der Waals surface area contributed by atoms with Gasteiger partial charge in [0.05, 0.1) is 0 Å². The van der Waals surface area contributed by atoms with Crippen LogP contribution in [0, 0.1) is 0 Å². The molecule has 0 bridgehead atoms. The molecule has 0 amide bonds. The van der Waals surface area contributed by atoms with E-state index in [1.165, 1.54) is 50.0 Å². The highest BCUT2D eigenvalue weighted by atomic mass is 35.5. The third-order valence-electron chi connectivity index (χ3n) is 4.41. The molecule has 104 valence electrons. The summed E-state index contributed by atoms with van der Waals surface area (Å²) in [5.41, 5.74) is 2.91. The van der Waals surface area contributed by atoms with Crippen LogP contribution in [-0.2, 0) is 12.8 Å². The van der Waals surface area contributed by atoms with Gasteiger partial charge in [-0.15, -0.1) is 0 Å². The summed E-state index contributed by atoms with van der Waals surface area (Å²) in [4.78, 5) is 2.59. The molecular weight excluding hydrogens is 256 g/mol. The zero-order valence-electron chi connectivity index (χ0n) is 11.5. The van der Waals surface area contributed by atoms with Crippen LogP contribution < -0.4 is 5.32 Å². The van der Waals surface area contributed by atoms with E-state index >= 15 is 0 Å². The summed E-state index contributed by atoms with van der Waals surface area (Å²) in [5, 5.41) is 4.58. The second-order valence-electron chi connectivity index (χ2n) is 5.87. The van der Waals surface area contributed by atoms with Crippen molar-refractivity contribution < 1.29 is 0 Å². The lowest BCUT2D eigenvalue weighted by atomic mass is 10.1. The largest absolute Gasteiger partial charge is 0.312 e. The monoisotopic (exact) mass is 278 g/mol. The summed E-state index contributed by atoms with van der Waals surface area (Å²) in [7, 11) is 0. The highest BCUT2D eigenvalue weighted by Crippen LogP contribution is 2.25. The van der Waals surface area contributed by atoms with E-state index < -0.39 is 0 Å². The molecule has 3 rings (SSSR count). The Balaban J connectivity index is 1.43. The average molecular weight is 279 g/mol. The fraction of sp³-hybridized carbons (Fsp3) is 0.625. The summed E-state index contributed by atoms with van der Waals surface area (Å²) in [6, 6.07) is 6.93. The predicted molar refractivity (Wildman–Crippen MR) is 80.9 cm³/mol. The first-order chi connectivity index (χ1) is 9.31. The smallest absolute Gasteiger partial charge is 0.0408 e. The minimum absolute atomic E-state index is 0.609. The fourth-order valence-corrected chi connectivity index (χ4v) is 3.54. The predicted octanol–water partition coefficient (Wildman–Crippen LogP) is 2.88. The normalized spacial score (nSPS) is 23.5. The van der Waals surface area contributed by atoms with Gasteiger partial charge in [-0.3, -0.25) is 0 Å². The van der Waals surface area contributed by atoms with Gasteiger partial charge in [-0.05, 0) is 62.0 Å². The quantitative estimate of drug-likeness (QED) is 0.911. The molecule has 19 heavy (non-hydrogen) atoms. The molecule has 1 aromatic rings. The molecule has 1 aliphatic heterocycles. The lowest BCUT2D eigenvalue weighted by molar-refractivity contribution is 0.226. The Bertz CT molecular complexity index is 427. The van der Waals surface area contributed by atoms with Crippen molar-refractivity contribution in [1.82, 2.24) is 10.2 Å². The van der Waals surface area contributed by atoms with Gasteiger partial charge in [-0.2, -0.15) is 0 Å². The number of rotatable bonds is 4. The molecule has 2 nitrogen and oxygen atoms in total. The van der Waals surface area contributed by atoms with E-state index in [9.17, 15) is 0 Å². The molecule has 1 unspecified atom stereocenters. The number of piperidine rings is 1. The van der Waals surface area contributed by atoms with Gasteiger partial charge in [-0.25, -0.2) is 0 Å². The van der Waals surface area contributed by atoms with Crippen LogP contribution in [0.1, 0.15) is 30.4 Å². The Morgan fingerprint density at radius 1 is 1.11 bits per heavy atom. The van der Waals surface area contributed by atoms with Crippen LogP contribution >= 0.6 is 11.6 Å². The molecular formula is C16H23ClN2. The average Bonchev–Trinajstić information content (AvgIpc) is 2.82. The van der Waals surface area contributed by atoms with E-state index in [0.29, 0.717) is 6.04 Å². The van der Waals surface area contributed by atoms with Crippen molar-refractivity contribution in [2.24, 2.45) is 0 Å². The zero-order chi connectivity index (χ0) is 13.1. The van der Waals surface area contributed by atoms with Crippen molar-refractivity contribution >= 4 is 11.6 Å². The fourth-order valence-electron chi connectivity index (χ4n) is 3.34. The van der Waals surface area contributed by atoms with Crippen LogP contribution in [0.15, 0.2) is 18.2 Å². The van der Waals surface area contributed by atoms with E-state index in [-0.39, 0.29) is 0 Å². The topological polar surface area (TPSA) is 15.3 Å². The summed E-state index contributed by atoms with van der Waals surface area (Å²) in [6.07, 6.45) is 6.48. The molecule has 0 spiro atoms. The Labute approximate surface area is 121 Å². The molecule has 0 radical (unpaired) electrons. The van der Waals surface area contributed by atoms with Crippen molar-refractivity contribution in [3.05, 3.63) is 34.3 Å². The van der Waals surface area contributed by atoms with Gasteiger partial charge in [0.2, 0.25) is 0 Å². The van der Waals surface area contributed by atoms with Crippen LogP contribution in [0.25, 0.3) is 0 Å². The Hall–Kier alpha value is -0.570. The molecule has 1 saturated heterocycles. The van der Waals surface area contributed by atoms with Crippen molar-refractivity contribution in [3.63, 3.8) is 0 Å². The highest BCUT2D eigenvalue weighted by Gasteiger charge is 2.21. The maximum atomic E-state index is 6.05. The van der Waals surface area contributed by atoms with Crippen LogP contribution in [0.3, 0.4) is 0 Å². The molecule has 3 heteroatoms. The first-order valence-electron chi connectivity index (χ1n) is 7.54. The second-order valence-corrected chi connectivity index (χ2v) is 6.31. The summed E-state index contributed by atoms with van der Waals surface area (Å²) < 4.78 is 0. The number of likely N-dealkylation sites (tertiary alicyclic amines) is 1. The summed E-state index contributed by atoms with van der Waals surface area (Å²) >= 11 is 6.05. The molecule has 1 N–H and O–H groups in total. The number of hydrogen-bond acceptors (Lipinski definition) is 2. The van der Waals surface area contributed by atoms with Crippen LogP contribution in [-0.4, -0.2) is 37.1 Å². The van der Waals surface area contributed by atoms with Crippen LogP contribution in [0.2, 0.25) is 5.02 Å². The van der Waals surface area contributed by atoms with Crippen molar-refractivity contribution in [2.45, 2.75) is 38.1 Å². The SMILES string of the molecule is Clc1ccc2c(c1)CC(NCCN1CCCCC1)C2. The van der Waals surface area contributed by atoms with E-state index in [0.717, 1.165) is 24.4 Å². The maximum absolute atomic E-state index is 6.05. The Kier molecular flexibility index (Phi) is 4.42. The molecule has 2 aliphatic rings. The van der Waals surface area contributed by atoms with Gasteiger partial charge in [-0.1, -0.05) is 24.1 Å². The molecule has 0 saturated carbocycles. The Morgan fingerprint density at radius 3 is 2.74 bits per heavy atom. The minimum atomic E-state index is 0.609. The molecule has 0 aromatic heterocycles. The zero-order valence-corrected chi connectivity index (χ0v) is 12.3. The summed E-state index contributed by atoms with van der Waals surface area (Å²) in [6.45, 7) is 4.91. The lowest BCUT2D eigenvalue weighted by Gasteiger charge is -2.27. The number of hydrogen-bond donors (Lipinski definition) is 1. The first-order valence-corrected chi connectivity index (χ1v) is 7.92. The minimum Gasteiger partial charge on any atom is -0.312 e. The number of nitrogens with one attached hydrogen (secondary N) is 1. The van der Waals surface area contributed by atoms with Crippen molar-refractivity contribution in [2.75, 3.05) is 26.2 Å². The van der Waals surface area contributed by atoms with E-state index in [4.69, 9.17) is 11.6 Å². The lowest BCUT2D eigenvalue weighted by Crippen LogP contribution is -2.39. The van der Waals surface area contributed by atoms with Gasteiger partial charge >= 0.3 is 0 Å². The van der Waals surface area contributed by atoms with Crippen molar-refractivity contribution in [3.8, 4) is 0 Å². The van der Waals surface area contributed by atoms with Gasteiger partial charge in [0.15, 0.2) is 0 Å². The van der Waals surface area contributed by atoms with E-state index in [1.54, 1.807) is 0 Å². The van der Waals surface area contributed by atoms with Crippen LogP contribution in [0.5, 0.6) is 0 Å². The maximum Gasteiger partial charge on any atom is 0.0408 e. The van der Waals surface area contributed by atoms with Gasteiger partial charge in [0.1, 0.15) is 0 Å². The highest BCUT2D eigenvalue weighted by molar-refractivity contribution is 6.30. The number of benzene rings is 1. The third kappa shape index (κ3) is 3.50. The number of nitrogens with zero attached hydrogens (tertiary/aromatic N) is 1. The van der Waals surface area contributed by atoms with E-state index in [2.05, 4.69) is 22.3 Å². The molecule has 1 fully saturated rings. The molecule has 1 atom stereocenters. The Morgan fingerprint density at radius 2 is 1.89 bits per heavy atom. The standard InChI is InChI=1S/C16H23ClN2/c17-15-5-4-13-11-16(12-14(13)10-15)18-6-9-19-7-2-1-3-8-19/h4-5,10,16,18H,1-3,6-9,11-12H2. The number of fused-ring (bicyclic) bond motifs is 1. The van der Waals surface area contributed by atoms with Gasteiger partial charge in [0.25, 0.3) is 0 Å². The second kappa shape index (κ2) is 6.25. The van der Waals surface area contributed by atoms with Crippen LogP contribution in [0.4, 0.5) is 0 Å². The number of halogens is 1. The van der Waals surface area contributed by atoms with Gasteiger partial charge < -0.3 is 10.2 Å².